The van der Waals surface area contributed by atoms with Gasteiger partial charge in [-0.2, -0.15) is 0 Å². The van der Waals surface area contributed by atoms with Crippen LogP contribution in [0.15, 0.2) is 18.2 Å². The number of amides is 4. The third kappa shape index (κ3) is 2.90. The van der Waals surface area contributed by atoms with Crippen molar-refractivity contribution in [2.45, 2.75) is 25.8 Å². The molecule has 130 valence electrons. The highest BCUT2D eigenvalue weighted by atomic mass is 16.2. The highest BCUT2D eigenvalue weighted by Crippen LogP contribution is 2.32. The first kappa shape index (κ1) is 16.8. The van der Waals surface area contributed by atoms with Crippen LogP contribution in [-0.2, 0) is 14.4 Å². The highest BCUT2D eigenvalue weighted by molar-refractivity contribution is 6.25. The number of nitrogens with zero attached hydrogens (tertiary/aromatic N) is 1. The molecule has 2 heterocycles. The third-order valence-electron chi connectivity index (χ3n) is 4.31. The maximum atomic E-state index is 12.8. The second-order valence-electron chi connectivity index (χ2n) is 6.17. The van der Waals surface area contributed by atoms with E-state index in [1.54, 1.807) is 19.1 Å². The fourth-order valence-electron chi connectivity index (χ4n) is 2.98. The fourth-order valence-corrected chi connectivity index (χ4v) is 2.98. The average molecular weight is 343 g/mol. The molecule has 1 aromatic rings. The lowest BCUT2D eigenvalue weighted by molar-refractivity contribution is -0.136. The number of carbonyl (C=O) groups excluding carboxylic acids is 5. The molecule has 0 aliphatic carbocycles. The average Bonchev–Trinajstić information content (AvgIpc) is 2.85. The van der Waals surface area contributed by atoms with Gasteiger partial charge < -0.3 is 10.1 Å². The van der Waals surface area contributed by atoms with E-state index in [0.717, 1.165) is 11.2 Å². The molecule has 3 rings (SSSR count). The molecule has 2 aliphatic rings. The van der Waals surface area contributed by atoms with Gasteiger partial charge in [0.1, 0.15) is 12.3 Å². The predicted octanol–water partition coefficient (Wildman–Crippen LogP) is 0.335. The van der Waals surface area contributed by atoms with Crippen molar-refractivity contribution in [2.75, 3.05) is 11.9 Å². The Morgan fingerprint density at radius 2 is 2.04 bits per heavy atom. The topological polar surface area (TPSA) is 113 Å². The quantitative estimate of drug-likeness (QED) is 0.589. The van der Waals surface area contributed by atoms with Gasteiger partial charge in [-0.1, -0.05) is 13.0 Å². The molecule has 8 nitrogen and oxygen atoms in total. The maximum absolute atomic E-state index is 12.8. The van der Waals surface area contributed by atoms with Crippen molar-refractivity contribution in [3.8, 4) is 0 Å². The number of piperidine rings is 1. The lowest BCUT2D eigenvalue weighted by Gasteiger charge is -2.27. The van der Waals surface area contributed by atoms with Gasteiger partial charge in [-0.05, 0) is 18.6 Å². The predicted molar refractivity (Wildman–Crippen MR) is 86.8 cm³/mol. The zero-order chi connectivity index (χ0) is 18.1. The minimum Gasteiger partial charge on any atom is -0.384 e. The van der Waals surface area contributed by atoms with Crippen molar-refractivity contribution in [1.29, 1.82) is 0 Å². The molecule has 2 unspecified atom stereocenters. The molecule has 1 aromatic carbocycles. The van der Waals surface area contributed by atoms with Gasteiger partial charge in [0.05, 0.1) is 11.1 Å². The zero-order valence-electron chi connectivity index (χ0n) is 13.6. The smallest absolute Gasteiger partial charge is 0.264 e. The van der Waals surface area contributed by atoms with Gasteiger partial charge in [0.2, 0.25) is 11.8 Å². The molecule has 2 N–H and O–H groups in total. The van der Waals surface area contributed by atoms with Crippen molar-refractivity contribution in [3.63, 3.8) is 0 Å². The van der Waals surface area contributed by atoms with Crippen LogP contribution in [0.4, 0.5) is 5.69 Å². The van der Waals surface area contributed by atoms with E-state index >= 15 is 0 Å². The Bertz CT molecular complexity index is 788. The van der Waals surface area contributed by atoms with Gasteiger partial charge in [-0.3, -0.25) is 29.4 Å². The van der Waals surface area contributed by atoms with Gasteiger partial charge >= 0.3 is 0 Å². The normalized spacial score (nSPS) is 21.0. The molecular formula is C17H17N3O5. The lowest BCUT2D eigenvalue weighted by atomic mass is 10.0. The molecule has 1 saturated heterocycles. The standard InChI is InChI=1S/C17H17N3O5/c1-9(8-21)7-18-11-4-2-3-10-14(11)17(25)20(16(10)24)12-5-6-13(22)19-15(12)23/h2-4,8-9,12,18H,5-7H2,1H3,(H,19,22,23). The Morgan fingerprint density at radius 1 is 1.28 bits per heavy atom. The van der Waals surface area contributed by atoms with E-state index < -0.39 is 29.7 Å². The molecule has 1 fully saturated rings. The Labute approximate surface area is 143 Å². The summed E-state index contributed by atoms with van der Waals surface area (Å²) in [5, 5.41) is 5.16. The Kier molecular flexibility index (Phi) is 4.35. The Hall–Kier alpha value is -3.03. The van der Waals surface area contributed by atoms with Crippen LogP contribution < -0.4 is 10.6 Å². The van der Waals surface area contributed by atoms with Crippen molar-refractivity contribution < 1.29 is 24.0 Å². The summed E-state index contributed by atoms with van der Waals surface area (Å²) in [6, 6.07) is 3.81. The maximum Gasteiger partial charge on any atom is 0.264 e. The number of nitrogens with one attached hydrogen (secondary N) is 2. The summed E-state index contributed by atoms with van der Waals surface area (Å²) in [5.41, 5.74) is 0.841. The minimum atomic E-state index is -0.994. The molecule has 25 heavy (non-hydrogen) atoms. The van der Waals surface area contributed by atoms with E-state index in [1.165, 1.54) is 6.07 Å². The minimum absolute atomic E-state index is 0.0752. The number of anilines is 1. The van der Waals surface area contributed by atoms with Gasteiger partial charge in [-0.25, -0.2) is 0 Å². The largest absolute Gasteiger partial charge is 0.384 e. The highest BCUT2D eigenvalue weighted by Gasteiger charge is 2.45. The SMILES string of the molecule is CC(C=O)CNc1cccc2c1C(=O)N(C1CCC(=O)NC1=O)C2=O. The van der Waals surface area contributed by atoms with Crippen LogP contribution >= 0.6 is 0 Å². The summed E-state index contributed by atoms with van der Waals surface area (Å²) in [7, 11) is 0. The summed E-state index contributed by atoms with van der Waals surface area (Å²) in [5.74, 6) is -2.44. The van der Waals surface area contributed by atoms with E-state index in [9.17, 15) is 24.0 Å². The van der Waals surface area contributed by atoms with Crippen LogP contribution in [0, 0.1) is 5.92 Å². The summed E-state index contributed by atoms with van der Waals surface area (Å²) in [6.07, 6.45) is 0.978. The summed E-state index contributed by atoms with van der Waals surface area (Å²) in [4.78, 5) is 60.4. The van der Waals surface area contributed by atoms with E-state index in [-0.39, 0.29) is 29.9 Å². The van der Waals surface area contributed by atoms with Crippen LogP contribution in [0.5, 0.6) is 0 Å². The Morgan fingerprint density at radius 3 is 2.72 bits per heavy atom. The van der Waals surface area contributed by atoms with Gasteiger partial charge in [-0.15, -0.1) is 0 Å². The molecule has 8 heteroatoms. The molecule has 2 atom stereocenters. The van der Waals surface area contributed by atoms with Crippen LogP contribution in [0.3, 0.4) is 0 Å². The van der Waals surface area contributed by atoms with Crippen LogP contribution in [0.2, 0.25) is 0 Å². The van der Waals surface area contributed by atoms with Crippen molar-refractivity contribution >= 4 is 35.6 Å². The molecule has 0 aromatic heterocycles. The first-order chi connectivity index (χ1) is 11.9. The summed E-state index contributed by atoms with van der Waals surface area (Å²) >= 11 is 0. The molecule has 0 bridgehead atoms. The fraction of sp³-hybridized carbons (Fsp3) is 0.353. The van der Waals surface area contributed by atoms with Crippen molar-refractivity contribution in [3.05, 3.63) is 29.3 Å². The first-order valence-corrected chi connectivity index (χ1v) is 7.97. The first-order valence-electron chi connectivity index (χ1n) is 7.97. The molecule has 0 saturated carbocycles. The lowest BCUT2D eigenvalue weighted by Crippen LogP contribution is -2.54. The summed E-state index contributed by atoms with van der Waals surface area (Å²) in [6.45, 7) is 2.05. The van der Waals surface area contributed by atoms with Crippen LogP contribution in [0.1, 0.15) is 40.5 Å². The number of fused-ring (bicyclic) bond motifs is 1. The molecule has 4 amide bonds. The number of aldehydes is 1. The van der Waals surface area contributed by atoms with E-state index in [2.05, 4.69) is 10.6 Å². The van der Waals surface area contributed by atoms with Crippen molar-refractivity contribution in [2.24, 2.45) is 5.92 Å². The number of hydrogen-bond acceptors (Lipinski definition) is 6. The van der Waals surface area contributed by atoms with Gasteiger partial charge in [0.15, 0.2) is 0 Å². The molecule has 2 aliphatic heterocycles. The second-order valence-corrected chi connectivity index (χ2v) is 6.17. The summed E-state index contributed by atoms with van der Waals surface area (Å²) < 4.78 is 0. The van der Waals surface area contributed by atoms with E-state index in [4.69, 9.17) is 0 Å². The number of imide groups is 2. The van der Waals surface area contributed by atoms with E-state index in [0.29, 0.717) is 12.2 Å². The number of benzene rings is 1. The van der Waals surface area contributed by atoms with Crippen molar-refractivity contribution in [1.82, 2.24) is 10.2 Å². The Balaban J connectivity index is 1.90. The van der Waals surface area contributed by atoms with E-state index in [1.807, 2.05) is 0 Å². The molecule has 0 radical (unpaired) electrons. The van der Waals surface area contributed by atoms with Crippen LogP contribution in [-0.4, -0.2) is 47.4 Å². The monoisotopic (exact) mass is 343 g/mol. The number of hydrogen-bond donors (Lipinski definition) is 2. The third-order valence-corrected chi connectivity index (χ3v) is 4.31. The number of rotatable bonds is 5. The van der Waals surface area contributed by atoms with Gasteiger partial charge in [0, 0.05) is 24.6 Å². The zero-order valence-corrected chi connectivity index (χ0v) is 13.6. The molecule has 0 spiro atoms. The molecular weight excluding hydrogens is 326 g/mol. The second kappa shape index (κ2) is 6.46. The van der Waals surface area contributed by atoms with Crippen LogP contribution in [0.25, 0.3) is 0 Å². The van der Waals surface area contributed by atoms with Gasteiger partial charge in [0.25, 0.3) is 11.8 Å². The number of carbonyl (C=O) groups is 5.